The smallest absolute Gasteiger partial charge is 0.338 e. The van der Waals surface area contributed by atoms with Crippen molar-refractivity contribution in [3.8, 4) is 23.0 Å². The average Bonchev–Trinajstić information content (AvgIpc) is 1.81. The maximum atomic E-state index is 14.3. The molecular formula is C72H77N7O11S. The molecule has 2 saturated heterocycles. The van der Waals surface area contributed by atoms with Crippen molar-refractivity contribution in [3.63, 3.8) is 0 Å². The number of piperidine rings is 1. The molecule has 3 aliphatic heterocycles. The van der Waals surface area contributed by atoms with Crippen molar-refractivity contribution in [1.29, 1.82) is 0 Å². The van der Waals surface area contributed by atoms with Gasteiger partial charge in [-0.05, 0) is 114 Å². The zero-order valence-corrected chi connectivity index (χ0v) is 52.9. The zero-order chi connectivity index (χ0) is 63.2. The number of carbonyl (C=O) groups excluding carboxylic acids is 2. The molecule has 18 nitrogen and oxygen atoms in total. The number of carbonyl (C=O) groups is 2. The van der Waals surface area contributed by atoms with E-state index >= 15 is 0 Å². The standard InChI is InChI=1S/C39H37N5O2S.C33H40N2O9/c45-47(46,38-19-11-4-12-20-38)44(37-23-21-36(22-24-37)42-27-25-40-26-28-42)30-35-29-43(31-41-35)39(32-13-5-1-6-14-32,33-15-7-2-8-16-33)34-17-9-3-10-18-34;1-38-19-7-8-20-21-9-10-35-16-18-13-27(44-32(36)17-11-25(39-2)30(41-4)26(12-17)40-3)31(42-5)28(33(37)43-6)22(18)15-24(35)29(21)34-23(20)14-19/h1-24,29,31,40H,25-28,30H2;7-8,11-12,14,18,22,24,27-28,31,34H,9-10,13,15-16H2,1-6H3/t;18-,22+,24-,27-,28+,31+/m.1/s1. The Kier molecular flexibility index (Phi) is 18.5. The van der Waals surface area contributed by atoms with Crippen molar-refractivity contribution in [2.75, 3.05) is 91.1 Å². The number of esters is 2. The Morgan fingerprint density at radius 2 is 1.31 bits per heavy atom. The highest BCUT2D eigenvalue weighted by atomic mass is 32.2. The summed E-state index contributed by atoms with van der Waals surface area (Å²) in [5.41, 5.74) is 8.58. The van der Waals surface area contributed by atoms with Gasteiger partial charge in [0.2, 0.25) is 5.75 Å². The first-order chi connectivity index (χ1) is 44.4. The van der Waals surface area contributed by atoms with E-state index in [0.717, 1.165) is 85.8 Å². The lowest BCUT2D eigenvalue weighted by atomic mass is 9.63. The minimum atomic E-state index is -3.91. The number of piperazine rings is 1. The molecule has 1 saturated carbocycles. The van der Waals surface area contributed by atoms with E-state index in [1.807, 2.05) is 110 Å². The van der Waals surface area contributed by atoms with Crippen LogP contribution in [0.1, 0.15) is 62.9 Å². The number of nitrogens with zero attached hydrogens (tertiary/aromatic N) is 5. The number of fused-ring (bicyclic) bond motifs is 6. The number of methoxy groups -OCH3 is 6. The third-order valence-corrected chi connectivity index (χ3v) is 20.4. The van der Waals surface area contributed by atoms with E-state index < -0.39 is 39.7 Å². The van der Waals surface area contributed by atoms with Crippen LogP contribution in [0.2, 0.25) is 0 Å². The molecule has 0 spiro atoms. The van der Waals surface area contributed by atoms with Crippen molar-refractivity contribution < 1.29 is 51.2 Å². The van der Waals surface area contributed by atoms with Crippen LogP contribution in [0.15, 0.2) is 193 Å². The molecule has 7 aromatic carbocycles. The first-order valence-electron chi connectivity index (χ1n) is 30.8. The second-order valence-corrected chi connectivity index (χ2v) is 25.2. The topological polar surface area (TPSA) is 188 Å². The molecule has 0 amide bonds. The number of aromatic amines is 1. The highest BCUT2D eigenvalue weighted by molar-refractivity contribution is 7.92. The number of hydrogen-bond donors (Lipinski definition) is 2. The second-order valence-electron chi connectivity index (χ2n) is 23.4. The lowest BCUT2D eigenvalue weighted by Gasteiger charge is -2.52. The predicted octanol–water partition coefficient (Wildman–Crippen LogP) is 10.7. The lowest BCUT2D eigenvalue weighted by molar-refractivity contribution is -0.176. The maximum absolute atomic E-state index is 14.3. The van der Waals surface area contributed by atoms with Crippen LogP contribution in [0.25, 0.3) is 10.9 Å². The van der Waals surface area contributed by atoms with Gasteiger partial charge in [-0.2, -0.15) is 0 Å². The Bertz CT molecular complexity index is 3950. The maximum Gasteiger partial charge on any atom is 0.338 e. The number of H-pyrrole nitrogens is 1. The molecule has 2 N–H and O–H groups in total. The van der Waals surface area contributed by atoms with Crippen molar-refractivity contribution in [3.05, 3.63) is 228 Å². The van der Waals surface area contributed by atoms with Crippen LogP contribution < -0.4 is 33.5 Å². The molecule has 91 heavy (non-hydrogen) atoms. The van der Waals surface area contributed by atoms with Crippen molar-refractivity contribution in [2.45, 2.75) is 54.5 Å². The Hall–Kier alpha value is -9.14. The van der Waals surface area contributed by atoms with Crippen molar-refractivity contribution >= 4 is 44.2 Å². The highest BCUT2D eigenvalue weighted by Gasteiger charge is 2.55. The van der Waals surface area contributed by atoms with Gasteiger partial charge in [-0.15, -0.1) is 0 Å². The molecular weight excluding hydrogens is 1170 g/mol. The monoisotopic (exact) mass is 1250 g/mol. The summed E-state index contributed by atoms with van der Waals surface area (Å²) >= 11 is 0. The van der Waals surface area contributed by atoms with Gasteiger partial charge in [0.05, 0.1) is 82.2 Å². The van der Waals surface area contributed by atoms with Crippen LogP contribution in [0.4, 0.5) is 11.4 Å². The molecule has 6 atom stereocenters. The predicted molar refractivity (Wildman–Crippen MR) is 349 cm³/mol. The summed E-state index contributed by atoms with van der Waals surface area (Å²) in [5, 5.41) is 4.60. The molecule has 13 rings (SSSR count). The van der Waals surface area contributed by atoms with Crippen LogP contribution in [-0.2, 0) is 47.5 Å². The molecule has 19 heteroatoms. The molecule has 0 unspecified atom stereocenters. The van der Waals surface area contributed by atoms with Gasteiger partial charge in [0.15, 0.2) is 11.5 Å². The van der Waals surface area contributed by atoms with Gasteiger partial charge in [-0.1, -0.05) is 109 Å². The van der Waals surface area contributed by atoms with Gasteiger partial charge in [0, 0.05) is 80.9 Å². The van der Waals surface area contributed by atoms with Crippen LogP contribution in [0.3, 0.4) is 0 Å². The Morgan fingerprint density at radius 3 is 1.88 bits per heavy atom. The molecule has 0 bridgehead atoms. The fourth-order valence-corrected chi connectivity index (χ4v) is 15.8. The van der Waals surface area contributed by atoms with E-state index in [2.05, 4.69) is 67.1 Å². The minimum absolute atomic E-state index is 0.0170. The number of benzene rings is 7. The number of ether oxygens (including phenoxy) is 7. The SMILES string of the molecule is COC(=O)[C@H]1[C@H]2C[C@@H]3c4[nH]c5cc(OC)ccc5c4CCN3C[C@H]2C[C@@H](OC(=O)c2cc(OC)c(OC)c(OC)c2)[C@@H]1OC.O=S(=O)(c1ccccc1)N(Cc1cn(C(c2ccccc2)(c2ccccc2)c2ccccc2)cn1)c1ccc(N2CCNCC2)cc1. The molecule has 4 aliphatic rings. The summed E-state index contributed by atoms with van der Waals surface area (Å²) in [7, 11) is 5.19. The fourth-order valence-electron chi connectivity index (χ4n) is 14.3. The number of rotatable bonds is 18. The third-order valence-electron chi connectivity index (χ3n) is 18.6. The van der Waals surface area contributed by atoms with Crippen LogP contribution in [0.5, 0.6) is 23.0 Å². The molecule has 1 aliphatic carbocycles. The summed E-state index contributed by atoms with van der Waals surface area (Å²) in [6, 6.07) is 56.9. The fraction of sp³-hybridized carbons (Fsp3) is 0.319. The molecule has 3 fully saturated rings. The van der Waals surface area contributed by atoms with Gasteiger partial charge in [-0.25, -0.2) is 18.2 Å². The molecule has 5 heterocycles. The minimum Gasteiger partial charge on any atom is -0.497 e. The molecule has 0 radical (unpaired) electrons. The first-order valence-corrected chi connectivity index (χ1v) is 32.2. The Balaban J connectivity index is 0.000000176. The van der Waals surface area contributed by atoms with Crippen LogP contribution >= 0.6 is 0 Å². The molecule has 472 valence electrons. The van der Waals surface area contributed by atoms with Crippen LogP contribution in [0, 0.1) is 17.8 Å². The first kappa shape index (κ1) is 62.1. The average molecular weight is 1250 g/mol. The summed E-state index contributed by atoms with van der Waals surface area (Å²) in [5.74, 6) is 0.441. The van der Waals surface area contributed by atoms with E-state index in [-0.39, 0.29) is 40.9 Å². The number of nitrogens with one attached hydrogen (secondary N) is 2. The molecule has 9 aromatic rings. The zero-order valence-electron chi connectivity index (χ0n) is 52.1. The van der Waals surface area contributed by atoms with Gasteiger partial charge in [0.1, 0.15) is 23.5 Å². The van der Waals surface area contributed by atoms with Gasteiger partial charge < -0.3 is 52.9 Å². The summed E-state index contributed by atoms with van der Waals surface area (Å²) in [6.45, 7) is 5.42. The number of sulfonamides is 1. The van der Waals surface area contributed by atoms with Gasteiger partial charge >= 0.3 is 11.9 Å². The number of anilines is 2. The van der Waals surface area contributed by atoms with E-state index in [4.69, 9.17) is 38.1 Å². The third kappa shape index (κ3) is 12.1. The van der Waals surface area contributed by atoms with Crippen molar-refractivity contribution in [2.24, 2.45) is 17.8 Å². The van der Waals surface area contributed by atoms with Gasteiger partial charge in [0.25, 0.3) is 10.0 Å². The Morgan fingerprint density at radius 1 is 0.692 bits per heavy atom. The highest BCUT2D eigenvalue weighted by Crippen LogP contribution is 2.51. The number of aromatic nitrogens is 3. The number of hydrogen-bond acceptors (Lipinski definition) is 15. The summed E-state index contributed by atoms with van der Waals surface area (Å²) < 4.78 is 71.2. The van der Waals surface area contributed by atoms with E-state index in [1.54, 1.807) is 50.6 Å². The van der Waals surface area contributed by atoms with E-state index in [1.165, 1.54) is 49.4 Å². The molecule has 2 aromatic heterocycles. The normalized spacial score (nSPS) is 19.7. The van der Waals surface area contributed by atoms with Gasteiger partial charge in [-0.3, -0.25) is 14.0 Å². The number of imidazole rings is 1. The Labute approximate surface area is 531 Å². The second kappa shape index (κ2) is 27.1. The van der Waals surface area contributed by atoms with Crippen LogP contribution in [-0.4, -0.2) is 134 Å². The van der Waals surface area contributed by atoms with E-state index in [9.17, 15) is 18.0 Å². The van der Waals surface area contributed by atoms with E-state index in [0.29, 0.717) is 35.1 Å². The summed E-state index contributed by atoms with van der Waals surface area (Å²) in [4.78, 5) is 40.6. The quantitative estimate of drug-likeness (QED) is 0.0609. The van der Waals surface area contributed by atoms with Crippen molar-refractivity contribution in [1.82, 2.24) is 24.8 Å². The lowest BCUT2D eigenvalue weighted by Crippen LogP contribution is -2.58. The largest absolute Gasteiger partial charge is 0.497 e. The summed E-state index contributed by atoms with van der Waals surface area (Å²) in [6.07, 6.45) is 4.72.